The molecule has 2 aliphatic rings. The summed E-state index contributed by atoms with van der Waals surface area (Å²) in [6, 6.07) is 7.56. The third kappa shape index (κ3) is 3.76. The molecule has 21 heavy (non-hydrogen) atoms. The van der Waals surface area contributed by atoms with Crippen molar-refractivity contribution in [2.45, 2.75) is 32.3 Å². The molecule has 0 radical (unpaired) electrons. The lowest BCUT2D eigenvalue weighted by atomic mass is 9.97. The fourth-order valence-corrected chi connectivity index (χ4v) is 2.81. The zero-order valence-electron chi connectivity index (χ0n) is 12.3. The van der Waals surface area contributed by atoms with Crippen LogP contribution in [0.3, 0.4) is 0 Å². The first-order valence-electron chi connectivity index (χ1n) is 7.87. The Morgan fingerprint density at radius 1 is 1.14 bits per heavy atom. The average Bonchev–Trinajstić information content (AvgIpc) is 3.38. The van der Waals surface area contributed by atoms with Gasteiger partial charge in [-0.3, -0.25) is 4.79 Å². The first kappa shape index (κ1) is 14.4. The molecule has 0 spiro atoms. The summed E-state index contributed by atoms with van der Waals surface area (Å²) in [6.45, 7) is 2.54. The second kappa shape index (κ2) is 6.48. The largest absolute Gasteiger partial charge is 0.493 e. The van der Waals surface area contributed by atoms with Crippen LogP contribution in [0.5, 0.6) is 5.75 Å². The number of ether oxygens (including phenoxy) is 1. The van der Waals surface area contributed by atoms with Gasteiger partial charge in [0.25, 0.3) is 0 Å². The molecule has 114 valence electrons. The van der Waals surface area contributed by atoms with E-state index in [1.54, 1.807) is 0 Å². The SMILES string of the molecule is O=C(C1CC1)N1CCC(COc2ccc(CO)cc2)CC1. The van der Waals surface area contributed by atoms with Gasteiger partial charge in [-0.2, -0.15) is 0 Å². The van der Waals surface area contributed by atoms with E-state index in [1.165, 1.54) is 0 Å². The molecule has 4 nitrogen and oxygen atoms in total. The Labute approximate surface area is 125 Å². The number of benzene rings is 1. The Morgan fingerprint density at radius 2 is 1.81 bits per heavy atom. The monoisotopic (exact) mass is 289 g/mol. The van der Waals surface area contributed by atoms with Gasteiger partial charge in [0.05, 0.1) is 13.2 Å². The maximum atomic E-state index is 12.0. The van der Waals surface area contributed by atoms with Gasteiger partial charge in [0.15, 0.2) is 0 Å². The van der Waals surface area contributed by atoms with Crippen molar-refractivity contribution in [3.05, 3.63) is 29.8 Å². The maximum absolute atomic E-state index is 12.0. The lowest BCUT2D eigenvalue weighted by Crippen LogP contribution is -2.40. The highest BCUT2D eigenvalue weighted by molar-refractivity contribution is 5.81. The molecule has 1 aromatic rings. The van der Waals surface area contributed by atoms with E-state index < -0.39 is 0 Å². The van der Waals surface area contributed by atoms with Crippen molar-refractivity contribution < 1.29 is 14.6 Å². The minimum absolute atomic E-state index is 0.0633. The van der Waals surface area contributed by atoms with Crippen LogP contribution in [-0.4, -0.2) is 35.6 Å². The van der Waals surface area contributed by atoms with Crippen molar-refractivity contribution in [3.8, 4) is 5.75 Å². The van der Waals surface area contributed by atoms with Crippen molar-refractivity contribution in [3.63, 3.8) is 0 Å². The van der Waals surface area contributed by atoms with Gasteiger partial charge in [-0.1, -0.05) is 12.1 Å². The summed E-state index contributed by atoms with van der Waals surface area (Å²) in [5, 5.41) is 9.00. The number of rotatable bonds is 5. The highest BCUT2D eigenvalue weighted by Gasteiger charge is 2.34. The normalized spacial score (nSPS) is 19.6. The van der Waals surface area contributed by atoms with Gasteiger partial charge >= 0.3 is 0 Å². The number of aliphatic hydroxyl groups is 1. The third-order valence-corrected chi connectivity index (χ3v) is 4.44. The summed E-state index contributed by atoms with van der Waals surface area (Å²) in [7, 11) is 0. The van der Waals surface area contributed by atoms with Crippen molar-refractivity contribution in [1.82, 2.24) is 4.90 Å². The van der Waals surface area contributed by atoms with Crippen molar-refractivity contribution >= 4 is 5.91 Å². The van der Waals surface area contributed by atoms with Crippen LogP contribution in [0.15, 0.2) is 24.3 Å². The number of hydrogen-bond donors (Lipinski definition) is 1. The smallest absolute Gasteiger partial charge is 0.225 e. The van der Waals surface area contributed by atoms with E-state index in [1.807, 2.05) is 29.2 Å². The van der Waals surface area contributed by atoms with Crippen molar-refractivity contribution in [2.75, 3.05) is 19.7 Å². The topological polar surface area (TPSA) is 49.8 Å². The second-order valence-corrected chi connectivity index (χ2v) is 6.16. The molecule has 1 aliphatic carbocycles. The number of likely N-dealkylation sites (tertiary alicyclic amines) is 1. The van der Waals surface area contributed by atoms with E-state index in [0.29, 0.717) is 24.3 Å². The maximum Gasteiger partial charge on any atom is 0.225 e. The summed E-state index contributed by atoms with van der Waals surface area (Å²) >= 11 is 0. The second-order valence-electron chi connectivity index (χ2n) is 6.16. The summed E-state index contributed by atoms with van der Waals surface area (Å²) in [4.78, 5) is 14.0. The molecule has 1 N–H and O–H groups in total. The zero-order chi connectivity index (χ0) is 14.7. The molecular formula is C17H23NO3. The standard InChI is InChI=1S/C17H23NO3/c19-11-13-1-5-16(6-2-13)21-12-14-7-9-18(10-8-14)17(20)15-3-4-15/h1-2,5-6,14-15,19H,3-4,7-12H2. The molecule has 1 aromatic carbocycles. The molecule has 0 bridgehead atoms. The summed E-state index contributed by atoms with van der Waals surface area (Å²) in [5.41, 5.74) is 0.897. The molecule has 3 rings (SSSR count). The molecule has 1 heterocycles. The zero-order valence-corrected chi connectivity index (χ0v) is 12.3. The lowest BCUT2D eigenvalue weighted by Gasteiger charge is -2.32. The fraction of sp³-hybridized carbons (Fsp3) is 0.588. The van der Waals surface area contributed by atoms with Gasteiger partial charge in [0.1, 0.15) is 5.75 Å². The predicted octanol–water partition coefficient (Wildman–Crippen LogP) is 2.21. The van der Waals surface area contributed by atoms with Gasteiger partial charge in [0.2, 0.25) is 5.91 Å². The van der Waals surface area contributed by atoms with Crippen molar-refractivity contribution in [2.24, 2.45) is 11.8 Å². The summed E-state index contributed by atoms with van der Waals surface area (Å²) in [5.74, 6) is 2.09. The Kier molecular flexibility index (Phi) is 4.44. The Morgan fingerprint density at radius 3 is 2.38 bits per heavy atom. The highest BCUT2D eigenvalue weighted by atomic mass is 16.5. The van der Waals surface area contributed by atoms with Crippen LogP contribution < -0.4 is 4.74 Å². The van der Waals surface area contributed by atoms with Gasteiger partial charge in [-0.15, -0.1) is 0 Å². The summed E-state index contributed by atoms with van der Waals surface area (Å²) in [6.07, 6.45) is 4.25. The molecule has 1 amide bonds. The molecule has 2 fully saturated rings. The van der Waals surface area contributed by atoms with Crippen LogP contribution in [0.2, 0.25) is 0 Å². The minimum Gasteiger partial charge on any atom is -0.493 e. The predicted molar refractivity (Wildman–Crippen MR) is 79.9 cm³/mol. The molecular weight excluding hydrogens is 266 g/mol. The Hall–Kier alpha value is -1.55. The highest BCUT2D eigenvalue weighted by Crippen LogP contribution is 2.32. The van der Waals surface area contributed by atoms with Gasteiger partial charge in [-0.05, 0) is 49.3 Å². The average molecular weight is 289 g/mol. The molecule has 0 aromatic heterocycles. The van der Waals surface area contributed by atoms with Crippen LogP contribution >= 0.6 is 0 Å². The quantitative estimate of drug-likeness (QED) is 0.904. The third-order valence-electron chi connectivity index (χ3n) is 4.44. The Bertz CT molecular complexity index is 473. The first-order chi connectivity index (χ1) is 10.3. The number of amides is 1. The van der Waals surface area contributed by atoms with E-state index in [-0.39, 0.29) is 6.61 Å². The molecule has 1 aliphatic heterocycles. The fourth-order valence-electron chi connectivity index (χ4n) is 2.81. The van der Waals surface area contributed by atoms with Crippen LogP contribution in [0.25, 0.3) is 0 Å². The van der Waals surface area contributed by atoms with E-state index in [2.05, 4.69) is 0 Å². The molecule has 4 heteroatoms. The van der Waals surface area contributed by atoms with E-state index in [4.69, 9.17) is 9.84 Å². The molecule has 1 saturated heterocycles. The van der Waals surface area contributed by atoms with Crippen molar-refractivity contribution in [1.29, 1.82) is 0 Å². The van der Waals surface area contributed by atoms with Crippen LogP contribution in [-0.2, 0) is 11.4 Å². The van der Waals surface area contributed by atoms with Gasteiger partial charge < -0.3 is 14.7 Å². The lowest BCUT2D eigenvalue weighted by molar-refractivity contribution is -0.134. The number of hydrogen-bond acceptors (Lipinski definition) is 3. The van der Waals surface area contributed by atoms with Crippen LogP contribution in [0.1, 0.15) is 31.2 Å². The van der Waals surface area contributed by atoms with Crippen LogP contribution in [0.4, 0.5) is 0 Å². The van der Waals surface area contributed by atoms with E-state index in [9.17, 15) is 4.79 Å². The van der Waals surface area contributed by atoms with Gasteiger partial charge in [-0.25, -0.2) is 0 Å². The molecule has 0 atom stereocenters. The summed E-state index contributed by atoms with van der Waals surface area (Å²) < 4.78 is 5.82. The number of carbonyl (C=O) groups is 1. The Balaban J connectivity index is 1.41. The van der Waals surface area contributed by atoms with Crippen LogP contribution in [0, 0.1) is 11.8 Å². The van der Waals surface area contributed by atoms with E-state index in [0.717, 1.165) is 50.1 Å². The number of nitrogens with zero attached hydrogens (tertiary/aromatic N) is 1. The van der Waals surface area contributed by atoms with Gasteiger partial charge in [0, 0.05) is 19.0 Å². The number of carbonyl (C=O) groups excluding carboxylic acids is 1. The molecule has 0 unspecified atom stereocenters. The van der Waals surface area contributed by atoms with E-state index >= 15 is 0 Å². The number of aliphatic hydroxyl groups excluding tert-OH is 1. The number of piperidine rings is 1. The minimum atomic E-state index is 0.0633. The molecule has 1 saturated carbocycles. The first-order valence-corrected chi connectivity index (χ1v) is 7.87.